The number of halogens is 1. The minimum atomic E-state index is 0.310. The van der Waals surface area contributed by atoms with E-state index in [1.807, 2.05) is 11.8 Å². The molecule has 4 heteroatoms. The smallest absolute Gasteiger partial charge is 0.226 e. The number of thioether (sulfide) groups is 1. The Kier molecular flexibility index (Phi) is 3.99. The summed E-state index contributed by atoms with van der Waals surface area (Å²) in [6.07, 6.45) is 2.25. The van der Waals surface area contributed by atoms with E-state index in [0.717, 1.165) is 25.3 Å². The van der Waals surface area contributed by atoms with Crippen LogP contribution in [0.3, 0.4) is 0 Å². The van der Waals surface area contributed by atoms with Crippen LogP contribution in [0.1, 0.15) is 19.8 Å². The van der Waals surface area contributed by atoms with Crippen LogP contribution in [0.5, 0.6) is 0 Å². The highest BCUT2D eigenvalue weighted by Crippen LogP contribution is 2.30. The highest BCUT2D eigenvalue weighted by Gasteiger charge is 2.36. The molecule has 0 saturated carbocycles. The van der Waals surface area contributed by atoms with Crippen LogP contribution in [0.4, 0.5) is 0 Å². The molecule has 3 unspecified atom stereocenters. The third-order valence-electron chi connectivity index (χ3n) is 3.48. The molecule has 0 spiro atoms. The summed E-state index contributed by atoms with van der Waals surface area (Å²) in [6, 6.07) is 0. The SMILES string of the molecule is CCC1CN(C(=O)C2CCSC2)CC1Br. The molecule has 2 fully saturated rings. The lowest BCUT2D eigenvalue weighted by atomic mass is 10.1. The monoisotopic (exact) mass is 291 g/mol. The van der Waals surface area contributed by atoms with Gasteiger partial charge in [0, 0.05) is 29.6 Å². The van der Waals surface area contributed by atoms with Crippen molar-refractivity contribution in [3.8, 4) is 0 Å². The van der Waals surface area contributed by atoms with Gasteiger partial charge in [-0.2, -0.15) is 11.8 Å². The van der Waals surface area contributed by atoms with Gasteiger partial charge in [-0.3, -0.25) is 4.79 Å². The van der Waals surface area contributed by atoms with Crippen LogP contribution in [0.25, 0.3) is 0 Å². The Balaban J connectivity index is 1.91. The molecule has 0 N–H and O–H groups in total. The number of alkyl halides is 1. The largest absolute Gasteiger partial charge is 0.341 e. The molecule has 2 saturated heterocycles. The maximum absolute atomic E-state index is 12.1. The fourth-order valence-electron chi connectivity index (χ4n) is 2.38. The molecule has 2 nitrogen and oxygen atoms in total. The topological polar surface area (TPSA) is 20.3 Å². The van der Waals surface area contributed by atoms with Crippen molar-refractivity contribution < 1.29 is 4.79 Å². The number of carbonyl (C=O) groups is 1. The molecule has 3 atom stereocenters. The van der Waals surface area contributed by atoms with E-state index in [9.17, 15) is 4.79 Å². The minimum Gasteiger partial charge on any atom is -0.341 e. The highest BCUT2D eigenvalue weighted by molar-refractivity contribution is 9.09. The summed E-state index contributed by atoms with van der Waals surface area (Å²) in [4.78, 5) is 14.7. The van der Waals surface area contributed by atoms with Crippen molar-refractivity contribution in [2.45, 2.75) is 24.6 Å². The molecule has 1 amide bonds. The molecule has 86 valence electrons. The van der Waals surface area contributed by atoms with Crippen LogP contribution in [-0.2, 0) is 4.79 Å². The molecular formula is C11H18BrNOS. The van der Waals surface area contributed by atoms with Crippen molar-refractivity contribution in [1.29, 1.82) is 0 Å². The molecule has 0 aromatic rings. The van der Waals surface area contributed by atoms with Gasteiger partial charge < -0.3 is 4.90 Å². The molecule has 2 aliphatic heterocycles. The predicted molar refractivity (Wildman–Crippen MR) is 68.5 cm³/mol. The first-order valence-corrected chi connectivity index (χ1v) is 7.80. The first-order chi connectivity index (χ1) is 7.22. The first-order valence-electron chi connectivity index (χ1n) is 5.73. The molecule has 2 aliphatic rings. The summed E-state index contributed by atoms with van der Waals surface area (Å²) in [5.74, 6) is 3.58. The number of amides is 1. The van der Waals surface area contributed by atoms with Gasteiger partial charge in [-0.25, -0.2) is 0 Å². The maximum Gasteiger partial charge on any atom is 0.226 e. The van der Waals surface area contributed by atoms with Crippen molar-refractivity contribution in [2.75, 3.05) is 24.6 Å². The number of carbonyl (C=O) groups excluding carboxylic acids is 1. The third-order valence-corrected chi connectivity index (χ3v) is 5.68. The molecule has 0 radical (unpaired) electrons. The second kappa shape index (κ2) is 5.09. The lowest BCUT2D eigenvalue weighted by Crippen LogP contribution is -2.34. The molecule has 2 rings (SSSR count). The summed E-state index contributed by atoms with van der Waals surface area (Å²) in [7, 11) is 0. The lowest BCUT2D eigenvalue weighted by molar-refractivity contribution is -0.133. The van der Waals surface area contributed by atoms with Crippen LogP contribution in [0.2, 0.25) is 0 Å². The van der Waals surface area contributed by atoms with E-state index < -0.39 is 0 Å². The molecule has 2 heterocycles. The van der Waals surface area contributed by atoms with Gasteiger partial charge in [-0.15, -0.1) is 0 Å². The van der Waals surface area contributed by atoms with Crippen molar-refractivity contribution in [1.82, 2.24) is 4.90 Å². The Morgan fingerprint density at radius 2 is 2.33 bits per heavy atom. The number of hydrogen-bond acceptors (Lipinski definition) is 2. The average Bonchev–Trinajstić information content (AvgIpc) is 2.85. The van der Waals surface area contributed by atoms with Crippen LogP contribution in [0, 0.1) is 11.8 Å². The molecule has 0 aromatic heterocycles. The summed E-state index contributed by atoms with van der Waals surface area (Å²) in [5, 5.41) is 0. The van der Waals surface area contributed by atoms with Crippen LogP contribution >= 0.6 is 27.7 Å². The van der Waals surface area contributed by atoms with Gasteiger partial charge in [0.2, 0.25) is 5.91 Å². The predicted octanol–water partition coefficient (Wildman–Crippen LogP) is 2.37. The van der Waals surface area contributed by atoms with Crippen LogP contribution < -0.4 is 0 Å². The second-order valence-electron chi connectivity index (χ2n) is 4.49. The van der Waals surface area contributed by atoms with E-state index in [1.165, 1.54) is 12.2 Å². The van der Waals surface area contributed by atoms with Crippen molar-refractivity contribution >= 4 is 33.6 Å². The Morgan fingerprint density at radius 3 is 2.87 bits per heavy atom. The zero-order chi connectivity index (χ0) is 10.8. The zero-order valence-corrected chi connectivity index (χ0v) is 11.5. The van der Waals surface area contributed by atoms with Gasteiger partial charge in [-0.05, 0) is 18.1 Å². The number of likely N-dealkylation sites (tertiary alicyclic amines) is 1. The Morgan fingerprint density at radius 1 is 1.53 bits per heavy atom. The second-order valence-corrected chi connectivity index (χ2v) is 6.81. The van der Waals surface area contributed by atoms with E-state index in [2.05, 4.69) is 27.8 Å². The normalized spacial score (nSPS) is 36.1. The summed E-state index contributed by atoms with van der Waals surface area (Å²) in [6.45, 7) is 4.09. The van der Waals surface area contributed by atoms with Crippen molar-refractivity contribution in [2.24, 2.45) is 11.8 Å². The third kappa shape index (κ3) is 2.52. The summed E-state index contributed by atoms with van der Waals surface area (Å²) >= 11 is 5.60. The molecule has 0 bridgehead atoms. The van der Waals surface area contributed by atoms with Crippen LogP contribution in [0.15, 0.2) is 0 Å². The number of nitrogens with zero attached hydrogens (tertiary/aromatic N) is 1. The Labute approximate surface area is 104 Å². The summed E-state index contributed by atoms with van der Waals surface area (Å²) < 4.78 is 0. The van der Waals surface area contributed by atoms with Gasteiger partial charge in [-0.1, -0.05) is 29.3 Å². The molecule has 0 aromatic carbocycles. The lowest BCUT2D eigenvalue weighted by Gasteiger charge is -2.19. The van der Waals surface area contributed by atoms with E-state index in [1.54, 1.807) is 0 Å². The van der Waals surface area contributed by atoms with Gasteiger partial charge in [0.1, 0.15) is 0 Å². The summed E-state index contributed by atoms with van der Waals surface area (Å²) in [5.41, 5.74) is 0. The van der Waals surface area contributed by atoms with Gasteiger partial charge >= 0.3 is 0 Å². The fourth-order valence-corrected chi connectivity index (χ4v) is 4.49. The standard InChI is InChI=1S/C11H18BrNOS/c1-2-8-5-13(6-10(8)12)11(14)9-3-4-15-7-9/h8-10H,2-7H2,1H3. The van der Waals surface area contributed by atoms with E-state index in [-0.39, 0.29) is 0 Å². The fraction of sp³-hybridized carbons (Fsp3) is 0.909. The Hall–Kier alpha value is 0.300. The van der Waals surface area contributed by atoms with Gasteiger partial charge in [0.15, 0.2) is 0 Å². The average molecular weight is 292 g/mol. The van der Waals surface area contributed by atoms with E-state index >= 15 is 0 Å². The number of hydrogen-bond donors (Lipinski definition) is 0. The Bertz CT molecular complexity index is 243. The van der Waals surface area contributed by atoms with Crippen molar-refractivity contribution in [3.63, 3.8) is 0 Å². The van der Waals surface area contributed by atoms with Gasteiger partial charge in [0.05, 0.1) is 0 Å². The number of rotatable bonds is 2. The van der Waals surface area contributed by atoms with Crippen LogP contribution in [-0.4, -0.2) is 40.2 Å². The van der Waals surface area contributed by atoms with E-state index in [0.29, 0.717) is 22.6 Å². The molecular weight excluding hydrogens is 274 g/mol. The maximum atomic E-state index is 12.1. The van der Waals surface area contributed by atoms with Gasteiger partial charge in [0.25, 0.3) is 0 Å². The molecule has 0 aliphatic carbocycles. The van der Waals surface area contributed by atoms with E-state index in [4.69, 9.17) is 0 Å². The quantitative estimate of drug-likeness (QED) is 0.728. The first kappa shape index (κ1) is 11.8. The zero-order valence-electron chi connectivity index (χ0n) is 9.12. The highest BCUT2D eigenvalue weighted by atomic mass is 79.9. The van der Waals surface area contributed by atoms with Crippen molar-refractivity contribution in [3.05, 3.63) is 0 Å². The molecule has 15 heavy (non-hydrogen) atoms. The minimum absolute atomic E-state index is 0.310.